The standard InChI is InChI=1S/C12H18F3N3O3/c1-9-16-11(17-21-9)10-7-18(4-6-20-10)3-2-5-19-8-12(13,14)15/h10H,2-8H2,1H3/t10-/m1/s1. The Bertz CT molecular complexity index is 439. The third-order valence-electron chi connectivity index (χ3n) is 3.01. The van der Waals surface area contributed by atoms with Crippen LogP contribution in [-0.2, 0) is 9.47 Å². The van der Waals surface area contributed by atoms with Gasteiger partial charge >= 0.3 is 6.18 Å². The van der Waals surface area contributed by atoms with Gasteiger partial charge in [0.15, 0.2) is 0 Å². The molecule has 0 saturated carbocycles. The highest BCUT2D eigenvalue weighted by Crippen LogP contribution is 2.20. The molecule has 0 spiro atoms. The van der Waals surface area contributed by atoms with E-state index in [1.54, 1.807) is 6.92 Å². The highest BCUT2D eigenvalue weighted by Gasteiger charge is 2.28. The van der Waals surface area contributed by atoms with Crippen molar-refractivity contribution in [2.75, 3.05) is 39.5 Å². The van der Waals surface area contributed by atoms with E-state index in [0.717, 1.165) is 6.54 Å². The Morgan fingerprint density at radius 2 is 2.24 bits per heavy atom. The second-order valence-electron chi connectivity index (χ2n) is 4.85. The van der Waals surface area contributed by atoms with Gasteiger partial charge < -0.3 is 14.0 Å². The first-order valence-corrected chi connectivity index (χ1v) is 6.73. The third-order valence-corrected chi connectivity index (χ3v) is 3.01. The second kappa shape index (κ2) is 7.19. The number of rotatable bonds is 6. The van der Waals surface area contributed by atoms with Gasteiger partial charge in [-0.3, -0.25) is 4.90 Å². The Morgan fingerprint density at radius 3 is 2.90 bits per heavy atom. The summed E-state index contributed by atoms with van der Waals surface area (Å²) in [5, 5.41) is 3.82. The van der Waals surface area contributed by atoms with Gasteiger partial charge in [0.1, 0.15) is 12.7 Å². The Balaban J connectivity index is 1.67. The average molecular weight is 309 g/mol. The van der Waals surface area contributed by atoms with E-state index in [0.29, 0.717) is 37.8 Å². The summed E-state index contributed by atoms with van der Waals surface area (Å²) in [5.74, 6) is 0.983. The van der Waals surface area contributed by atoms with Crippen LogP contribution in [0.4, 0.5) is 13.2 Å². The Labute approximate surface area is 120 Å². The molecule has 0 aliphatic carbocycles. The highest BCUT2D eigenvalue weighted by atomic mass is 19.4. The molecule has 120 valence electrons. The number of halogens is 3. The minimum atomic E-state index is -4.26. The van der Waals surface area contributed by atoms with E-state index in [2.05, 4.69) is 19.8 Å². The van der Waals surface area contributed by atoms with E-state index in [1.807, 2.05) is 0 Å². The van der Waals surface area contributed by atoms with Crippen LogP contribution in [0.2, 0.25) is 0 Å². The molecule has 0 bridgehead atoms. The quantitative estimate of drug-likeness (QED) is 0.746. The summed E-state index contributed by atoms with van der Waals surface area (Å²) < 4.78 is 50.8. The molecule has 2 rings (SSSR count). The molecule has 1 aliphatic heterocycles. The van der Waals surface area contributed by atoms with Gasteiger partial charge in [-0.2, -0.15) is 18.2 Å². The van der Waals surface area contributed by atoms with Crippen LogP contribution in [0, 0.1) is 6.92 Å². The summed E-state index contributed by atoms with van der Waals surface area (Å²) in [6.07, 6.45) is -3.98. The van der Waals surface area contributed by atoms with Crippen molar-refractivity contribution in [3.63, 3.8) is 0 Å². The Hall–Kier alpha value is -1.19. The maximum Gasteiger partial charge on any atom is 0.411 e. The van der Waals surface area contributed by atoms with Crippen LogP contribution in [0.3, 0.4) is 0 Å². The first-order valence-electron chi connectivity index (χ1n) is 6.73. The van der Waals surface area contributed by atoms with Crippen molar-refractivity contribution in [2.45, 2.75) is 25.6 Å². The molecular formula is C12H18F3N3O3. The molecule has 1 aliphatic rings. The summed E-state index contributed by atoms with van der Waals surface area (Å²) in [6.45, 7) is 3.10. The fourth-order valence-corrected chi connectivity index (χ4v) is 2.09. The van der Waals surface area contributed by atoms with Gasteiger partial charge in [0, 0.05) is 33.2 Å². The summed E-state index contributed by atoms with van der Waals surface area (Å²) in [6, 6.07) is 0. The molecule has 0 N–H and O–H groups in total. The minimum Gasteiger partial charge on any atom is -0.372 e. The van der Waals surface area contributed by atoms with Crippen molar-refractivity contribution < 1.29 is 27.2 Å². The third kappa shape index (κ3) is 5.60. The topological polar surface area (TPSA) is 60.6 Å². The maximum atomic E-state index is 11.9. The lowest BCUT2D eigenvalue weighted by molar-refractivity contribution is -0.174. The SMILES string of the molecule is Cc1nc([C@H]2CN(CCCOCC(F)(F)F)CCO2)no1. The molecule has 1 aromatic heterocycles. The van der Waals surface area contributed by atoms with Crippen LogP contribution in [0.15, 0.2) is 4.52 Å². The molecule has 1 saturated heterocycles. The van der Waals surface area contributed by atoms with Crippen LogP contribution in [0.25, 0.3) is 0 Å². The fraction of sp³-hybridized carbons (Fsp3) is 0.833. The van der Waals surface area contributed by atoms with Gasteiger partial charge in [0.2, 0.25) is 11.7 Å². The van der Waals surface area contributed by atoms with Gasteiger partial charge in [-0.25, -0.2) is 0 Å². The monoisotopic (exact) mass is 309 g/mol. The van der Waals surface area contributed by atoms with Crippen molar-refractivity contribution >= 4 is 0 Å². The number of ether oxygens (including phenoxy) is 2. The van der Waals surface area contributed by atoms with Crippen LogP contribution >= 0.6 is 0 Å². The molecule has 0 aromatic carbocycles. The van der Waals surface area contributed by atoms with Gasteiger partial charge in [-0.05, 0) is 6.42 Å². The van der Waals surface area contributed by atoms with Crippen molar-refractivity contribution in [3.05, 3.63) is 11.7 Å². The second-order valence-corrected chi connectivity index (χ2v) is 4.85. The zero-order chi connectivity index (χ0) is 15.3. The molecule has 21 heavy (non-hydrogen) atoms. The first-order chi connectivity index (χ1) is 9.94. The number of hydrogen-bond acceptors (Lipinski definition) is 6. The molecule has 1 aromatic rings. The molecule has 0 unspecified atom stereocenters. The zero-order valence-electron chi connectivity index (χ0n) is 11.7. The average Bonchev–Trinajstić information content (AvgIpc) is 2.84. The highest BCUT2D eigenvalue weighted by molar-refractivity contribution is 4.92. The lowest BCUT2D eigenvalue weighted by atomic mass is 10.2. The van der Waals surface area contributed by atoms with Crippen LogP contribution < -0.4 is 0 Å². The summed E-state index contributed by atoms with van der Waals surface area (Å²) >= 11 is 0. The van der Waals surface area contributed by atoms with E-state index < -0.39 is 12.8 Å². The van der Waals surface area contributed by atoms with Gasteiger partial charge in [0.25, 0.3) is 0 Å². The summed E-state index contributed by atoms with van der Waals surface area (Å²) in [5.41, 5.74) is 0. The molecule has 2 heterocycles. The fourth-order valence-electron chi connectivity index (χ4n) is 2.09. The van der Waals surface area contributed by atoms with E-state index in [-0.39, 0.29) is 12.7 Å². The number of aryl methyl sites for hydroxylation is 1. The zero-order valence-corrected chi connectivity index (χ0v) is 11.7. The predicted molar refractivity (Wildman–Crippen MR) is 65.7 cm³/mol. The summed E-state index contributed by atoms with van der Waals surface area (Å²) in [4.78, 5) is 6.22. The van der Waals surface area contributed by atoms with Crippen molar-refractivity contribution in [3.8, 4) is 0 Å². The molecule has 1 fully saturated rings. The van der Waals surface area contributed by atoms with Gasteiger partial charge in [-0.1, -0.05) is 5.16 Å². The van der Waals surface area contributed by atoms with Crippen LogP contribution in [-0.4, -0.2) is 60.7 Å². The van der Waals surface area contributed by atoms with E-state index in [9.17, 15) is 13.2 Å². The maximum absolute atomic E-state index is 11.9. The first kappa shape index (κ1) is 16.2. The number of morpholine rings is 1. The van der Waals surface area contributed by atoms with Crippen molar-refractivity contribution in [1.82, 2.24) is 15.0 Å². The molecule has 0 radical (unpaired) electrons. The van der Waals surface area contributed by atoms with Gasteiger partial charge in [0.05, 0.1) is 6.61 Å². The van der Waals surface area contributed by atoms with E-state index >= 15 is 0 Å². The predicted octanol–water partition coefficient (Wildman–Crippen LogP) is 1.72. The van der Waals surface area contributed by atoms with Crippen molar-refractivity contribution in [2.24, 2.45) is 0 Å². The van der Waals surface area contributed by atoms with Crippen LogP contribution in [0.1, 0.15) is 24.2 Å². The number of hydrogen-bond donors (Lipinski definition) is 0. The Morgan fingerprint density at radius 1 is 1.43 bits per heavy atom. The molecule has 0 amide bonds. The molecule has 6 nitrogen and oxygen atoms in total. The van der Waals surface area contributed by atoms with Gasteiger partial charge in [-0.15, -0.1) is 0 Å². The number of aromatic nitrogens is 2. The van der Waals surface area contributed by atoms with Crippen LogP contribution in [0.5, 0.6) is 0 Å². The summed E-state index contributed by atoms with van der Waals surface area (Å²) in [7, 11) is 0. The largest absolute Gasteiger partial charge is 0.411 e. The molecular weight excluding hydrogens is 291 g/mol. The smallest absolute Gasteiger partial charge is 0.372 e. The molecule has 9 heteroatoms. The number of nitrogens with zero attached hydrogens (tertiary/aromatic N) is 3. The normalized spacial score (nSPS) is 20.9. The number of alkyl halides is 3. The Kier molecular flexibility index (Phi) is 5.54. The minimum absolute atomic E-state index is 0.0862. The van der Waals surface area contributed by atoms with E-state index in [4.69, 9.17) is 9.26 Å². The lowest BCUT2D eigenvalue weighted by Gasteiger charge is -2.31. The van der Waals surface area contributed by atoms with E-state index in [1.165, 1.54) is 0 Å². The molecule has 1 atom stereocenters. The lowest BCUT2D eigenvalue weighted by Crippen LogP contribution is -2.39. The van der Waals surface area contributed by atoms with Crippen molar-refractivity contribution in [1.29, 1.82) is 0 Å².